The molecular weight excluding hydrogens is 256 g/mol. The van der Waals surface area contributed by atoms with E-state index in [9.17, 15) is 9.90 Å². The standard InChI is InChI=1S/C15H20N2O3/c1-5-13(18)11-8-16-17-10(2)14(7-6-12(11)17)20-9-15(3,4)19/h6-8,19H,5,9H2,1-4H3. The number of Topliss-reactive ketones (excluding diaryl/α,β-unsaturated/α-hetero) is 1. The summed E-state index contributed by atoms with van der Waals surface area (Å²) in [5.74, 6) is 0.725. The van der Waals surface area contributed by atoms with Gasteiger partial charge >= 0.3 is 0 Å². The first kappa shape index (κ1) is 14.5. The Hall–Kier alpha value is -1.88. The molecule has 0 unspecified atom stereocenters. The molecular formula is C15H20N2O3. The van der Waals surface area contributed by atoms with Gasteiger partial charge < -0.3 is 9.84 Å². The first-order chi connectivity index (χ1) is 9.33. The van der Waals surface area contributed by atoms with Crippen molar-refractivity contribution in [2.75, 3.05) is 6.61 Å². The van der Waals surface area contributed by atoms with Crippen LogP contribution in [0.5, 0.6) is 5.75 Å². The number of aromatic nitrogens is 2. The van der Waals surface area contributed by atoms with Crippen molar-refractivity contribution in [3.05, 3.63) is 29.6 Å². The van der Waals surface area contributed by atoms with E-state index in [-0.39, 0.29) is 12.4 Å². The molecule has 0 aliphatic heterocycles. The topological polar surface area (TPSA) is 63.8 Å². The van der Waals surface area contributed by atoms with Gasteiger partial charge in [0.15, 0.2) is 5.78 Å². The second-order valence-electron chi connectivity index (χ2n) is 5.52. The van der Waals surface area contributed by atoms with Crippen molar-refractivity contribution < 1.29 is 14.6 Å². The second-order valence-corrected chi connectivity index (χ2v) is 5.52. The number of fused-ring (bicyclic) bond motifs is 1. The van der Waals surface area contributed by atoms with Crippen LogP contribution in [-0.2, 0) is 0 Å². The minimum absolute atomic E-state index is 0.0737. The van der Waals surface area contributed by atoms with Crippen molar-refractivity contribution in [2.24, 2.45) is 0 Å². The maximum Gasteiger partial charge on any atom is 0.166 e. The number of ether oxygens (including phenoxy) is 1. The van der Waals surface area contributed by atoms with Crippen molar-refractivity contribution >= 4 is 11.3 Å². The molecule has 2 heterocycles. The number of rotatable bonds is 5. The zero-order valence-corrected chi connectivity index (χ0v) is 12.3. The lowest BCUT2D eigenvalue weighted by atomic mass is 10.1. The van der Waals surface area contributed by atoms with E-state index in [1.165, 1.54) is 0 Å². The maximum atomic E-state index is 11.8. The third-order valence-electron chi connectivity index (χ3n) is 3.08. The molecule has 0 saturated carbocycles. The summed E-state index contributed by atoms with van der Waals surface area (Å²) in [6.07, 6.45) is 2.05. The highest BCUT2D eigenvalue weighted by molar-refractivity contribution is 6.02. The number of carbonyl (C=O) groups excluding carboxylic acids is 1. The Morgan fingerprint density at radius 2 is 2.15 bits per heavy atom. The number of nitrogens with zero attached hydrogens (tertiary/aromatic N) is 2. The van der Waals surface area contributed by atoms with Gasteiger partial charge in [-0.2, -0.15) is 5.10 Å². The number of hydrogen-bond acceptors (Lipinski definition) is 4. The van der Waals surface area contributed by atoms with E-state index in [0.29, 0.717) is 17.7 Å². The first-order valence-electron chi connectivity index (χ1n) is 6.69. The van der Waals surface area contributed by atoms with Crippen LogP contribution in [0, 0.1) is 6.92 Å². The Morgan fingerprint density at radius 3 is 2.75 bits per heavy atom. The van der Waals surface area contributed by atoms with E-state index in [1.807, 2.05) is 26.0 Å². The van der Waals surface area contributed by atoms with Gasteiger partial charge in [0.25, 0.3) is 0 Å². The van der Waals surface area contributed by atoms with Crippen molar-refractivity contribution in [2.45, 2.75) is 39.7 Å². The SMILES string of the molecule is CCC(=O)c1cnn2c(C)c(OCC(C)(C)O)ccc12. The quantitative estimate of drug-likeness (QED) is 0.852. The van der Waals surface area contributed by atoms with Gasteiger partial charge in [0.05, 0.1) is 28.6 Å². The normalized spacial score (nSPS) is 11.8. The molecule has 5 heteroatoms. The number of carbonyl (C=O) groups is 1. The van der Waals surface area contributed by atoms with Gasteiger partial charge in [-0.05, 0) is 32.9 Å². The third-order valence-corrected chi connectivity index (χ3v) is 3.08. The molecule has 5 nitrogen and oxygen atoms in total. The predicted molar refractivity (Wildman–Crippen MR) is 76.3 cm³/mol. The van der Waals surface area contributed by atoms with Crippen LogP contribution in [0.25, 0.3) is 5.52 Å². The van der Waals surface area contributed by atoms with Crippen LogP contribution in [0.3, 0.4) is 0 Å². The molecule has 2 rings (SSSR count). The molecule has 0 aromatic carbocycles. The number of ketones is 1. The lowest BCUT2D eigenvalue weighted by Crippen LogP contribution is -2.28. The molecule has 1 N–H and O–H groups in total. The minimum atomic E-state index is -0.894. The molecule has 2 aromatic heterocycles. The first-order valence-corrected chi connectivity index (χ1v) is 6.69. The van der Waals surface area contributed by atoms with Crippen molar-refractivity contribution in [3.63, 3.8) is 0 Å². The largest absolute Gasteiger partial charge is 0.489 e. The van der Waals surface area contributed by atoms with E-state index in [2.05, 4.69) is 5.10 Å². The predicted octanol–water partition coefficient (Wildman–Crippen LogP) is 2.39. The van der Waals surface area contributed by atoms with Gasteiger partial charge in [-0.1, -0.05) is 6.92 Å². The summed E-state index contributed by atoms with van der Waals surface area (Å²) in [6, 6.07) is 3.63. The molecule has 20 heavy (non-hydrogen) atoms. The Morgan fingerprint density at radius 1 is 1.45 bits per heavy atom. The van der Waals surface area contributed by atoms with Gasteiger partial charge in [0, 0.05) is 6.42 Å². The Balaban J connectivity index is 2.38. The molecule has 2 aromatic rings. The van der Waals surface area contributed by atoms with Gasteiger partial charge in [-0.15, -0.1) is 0 Å². The summed E-state index contributed by atoms with van der Waals surface area (Å²) in [5, 5.41) is 13.9. The van der Waals surface area contributed by atoms with Gasteiger partial charge in [0.2, 0.25) is 0 Å². The van der Waals surface area contributed by atoms with E-state index < -0.39 is 5.60 Å². The van der Waals surface area contributed by atoms with Crippen LogP contribution in [-0.4, -0.2) is 32.7 Å². The lowest BCUT2D eigenvalue weighted by molar-refractivity contribution is 0.0280. The Kier molecular flexibility index (Phi) is 3.81. The molecule has 0 radical (unpaired) electrons. The summed E-state index contributed by atoms with van der Waals surface area (Å²) in [6.45, 7) is 7.28. The average molecular weight is 276 g/mol. The van der Waals surface area contributed by atoms with Crippen LogP contribution in [0.1, 0.15) is 43.2 Å². The summed E-state index contributed by atoms with van der Waals surface area (Å²) in [7, 11) is 0. The fourth-order valence-electron chi connectivity index (χ4n) is 1.98. The highest BCUT2D eigenvalue weighted by atomic mass is 16.5. The molecule has 0 spiro atoms. The molecule has 0 atom stereocenters. The second kappa shape index (κ2) is 5.25. The Labute approximate surface area is 118 Å². The number of pyridine rings is 1. The highest BCUT2D eigenvalue weighted by Crippen LogP contribution is 2.23. The summed E-state index contributed by atoms with van der Waals surface area (Å²) < 4.78 is 7.31. The Bertz CT molecular complexity index is 638. The fourth-order valence-corrected chi connectivity index (χ4v) is 1.98. The van der Waals surface area contributed by atoms with Crippen molar-refractivity contribution in [3.8, 4) is 5.75 Å². The molecule has 0 saturated heterocycles. The highest BCUT2D eigenvalue weighted by Gasteiger charge is 2.17. The molecule has 0 amide bonds. The smallest absolute Gasteiger partial charge is 0.166 e. The minimum Gasteiger partial charge on any atom is -0.489 e. The molecule has 108 valence electrons. The summed E-state index contributed by atoms with van der Waals surface area (Å²) in [4.78, 5) is 11.8. The average Bonchev–Trinajstić information content (AvgIpc) is 2.80. The van der Waals surface area contributed by atoms with Crippen molar-refractivity contribution in [1.29, 1.82) is 0 Å². The van der Waals surface area contributed by atoms with Gasteiger partial charge in [0.1, 0.15) is 12.4 Å². The van der Waals surface area contributed by atoms with E-state index in [1.54, 1.807) is 24.6 Å². The maximum absolute atomic E-state index is 11.8. The van der Waals surface area contributed by atoms with Gasteiger partial charge in [-0.3, -0.25) is 4.79 Å². The molecule has 0 aliphatic carbocycles. The zero-order valence-electron chi connectivity index (χ0n) is 12.3. The number of aliphatic hydroxyl groups is 1. The van der Waals surface area contributed by atoms with Crippen LogP contribution in [0.15, 0.2) is 18.3 Å². The van der Waals surface area contributed by atoms with Crippen molar-refractivity contribution in [1.82, 2.24) is 9.61 Å². The number of hydrogen-bond donors (Lipinski definition) is 1. The van der Waals surface area contributed by atoms with Crippen LogP contribution in [0.4, 0.5) is 0 Å². The fraction of sp³-hybridized carbons (Fsp3) is 0.467. The van der Waals surface area contributed by atoms with Crippen LogP contribution >= 0.6 is 0 Å². The zero-order chi connectivity index (χ0) is 14.9. The number of aryl methyl sites for hydroxylation is 1. The lowest BCUT2D eigenvalue weighted by Gasteiger charge is -2.19. The summed E-state index contributed by atoms with van der Waals surface area (Å²) >= 11 is 0. The van der Waals surface area contributed by atoms with Crippen LogP contribution in [0.2, 0.25) is 0 Å². The molecule has 0 fully saturated rings. The van der Waals surface area contributed by atoms with E-state index in [0.717, 1.165) is 11.2 Å². The van der Waals surface area contributed by atoms with Crippen LogP contribution < -0.4 is 4.74 Å². The summed E-state index contributed by atoms with van der Waals surface area (Å²) in [5.41, 5.74) is 1.32. The molecule has 0 bridgehead atoms. The third kappa shape index (κ3) is 2.82. The molecule has 0 aliphatic rings. The van der Waals surface area contributed by atoms with E-state index >= 15 is 0 Å². The monoisotopic (exact) mass is 276 g/mol. The van der Waals surface area contributed by atoms with E-state index in [4.69, 9.17) is 4.74 Å². The van der Waals surface area contributed by atoms with Gasteiger partial charge in [-0.25, -0.2) is 4.52 Å².